The van der Waals surface area contributed by atoms with Gasteiger partial charge >= 0.3 is 6.09 Å². The molecule has 0 saturated carbocycles. The van der Waals surface area contributed by atoms with Crippen molar-refractivity contribution < 1.29 is 19.1 Å². The number of nitrogens with one attached hydrogen (secondary N) is 1. The summed E-state index contributed by atoms with van der Waals surface area (Å²) in [5, 5.41) is 2.54. The Kier molecular flexibility index (Phi) is 10.1. The van der Waals surface area contributed by atoms with Gasteiger partial charge in [-0.05, 0) is 38.8 Å². The SMILES string of the molecule is COC(=O)N[C@@H](CC/C=C/C(=O)N(C)C)C(=O)Cc1cccn(CC2=Nc3c(C=C(C)C)cncc3C2)c1=O. The van der Waals surface area contributed by atoms with Gasteiger partial charge in [-0.3, -0.25) is 24.4 Å². The maximum atomic E-state index is 13.2. The molecule has 2 aromatic heterocycles. The molecule has 2 aromatic rings. The second-order valence-electron chi connectivity index (χ2n) is 9.82. The number of Topliss-reactive ketones (excluding diaryl/α,β-unsaturated/α-hetero) is 1. The maximum Gasteiger partial charge on any atom is 0.407 e. The number of hydrogen-bond donors (Lipinski definition) is 1. The molecule has 3 heterocycles. The van der Waals surface area contributed by atoms with Gasteiger partial charge in [-0.2, -0.15) is 0 Å². The third kappa shape index (κ3) is 8.07. The molecule has 10 heteroatoms. The van der Waals surface area contributed by atoms with Gasteiger partial charge in [0.05, 0.1) is 25.4 Å². The second-order valence-corrected chi connectivity index (χ2v) is 9.82. The molecule has 39 heavy (non-hydrogen) atoms. The molecule has 0 unspecified atom stereocenters. The number of nitrogens with zero attached hydrogens (tertiary/aromatic N) is 4. The van der Waals surface area contributed by atoms with Crippen LogP contribution < -0.4 is 10.9 Å². The lowest BCUT2D eigenvalue weighted by molar-refractivity contribution is -0.123. The quantitative estimate of drug-likeness (QED) is 0.443. The highest BCUT2D eigenvalue weighted by Crippen LogP contribution is 2.31. The largest absolute Gasteiger partial charge is 0.453 e. The molecule has 2 amide bonds. The maximum absolute atomic E-state index is 13.2. The van der Waals surface area contributed by atoms with Crippen molar-refractivity contribution in [3.8, 4) is 0 Å². The van der Waals surface area contributed by atoms with Crippen LogP contribution >= 0.6 is 0 Å². The molecule has 1 aliphatic heterocycles. The predicted molar refractivity (Wildman–Crippen MR) is 150 cm³/mol. The van der Waals surface area contributed by atoms with Gasteiger partial charge in [0, 0.05) is 67.9 Å². The lowest BCUT2D eigenvalue weighted by atomic mass is 10.0. The third-order valence-electron chi connectivity index (χ3n) is 6.14. The fraction of sp³-hybridized carbons (Fsp3) is 0.379. The van der Waals surface area contributed by atoms with E-state index in [0.29, 0.717) is 24.9 Å². The molecule has 0 fully saturated rings. The predicted octanol–water partition coefficient (Wildman–Crippen LogP) is 3.26. The normalized spacial score (nSPS) is 12.9. The minimum Gasteiger partial charge on any atom is -0.453 e. The molecule has 0 radical (unpaired) electrons. The number of carbonyl (C=O) groups is 3. The van der Waals surface area contributed by atoms with E-state index in [4.69, 9.17) is 4.99 Å². The van der Waals surface area contributed by atoms with Gasteiger partial charge in [-0.1, -0.05) is 23.8 Å². The lowest BCUT2D eigenvalue weighted by Crippen LogP contribution is -2.42. The highest BCUT2D eigenvalue weighted by atomic mass is 16.5. The zero-order chi connectivity index (χ0) is 28.5. The van der Waals surface area contributed by atoms with Crippen molar-refractivity contribution in [1.29, 1.82) is 0 Å². The van der Waals surface area contributed by atoms with E-state index in [1.165, 1.54) is 18.1 Å². The van der Waals surface area contributed by atoms with Gasteiger partial charge in [-0.25, -0.2) is 4.79 Å². The number of methoxy groups -OCH3 is 1. The molecule has 1 aliphatic rings. The van der Waals surface area contributed by atoms with Crippen molar-refractivity contribution in [2.24, 2.45) is 4.99 Å². The molecule has 0 spiro atoms. The Morgan fingerprint density at radius 2 is 2.00 bits per heavy atom. The number of amides is 2. The van der Waals surface area contributed by atoms with Crippen molar-refractivity contribution in [1.82, 2.24) is 19.8 Å². The minimum absolute atomic E-state index is 0.157. The van der Waals surface area contributed by atoms with Crippen LogP contribution in [0.4, 0.5) is 10.5 Å². The molecule has 0 saturated heterocycles. The van der Waals surface area contributed by atoms with Crippen LogP contribution in [0.3, 0.4) is 0 Å². The van der Waals surface area contributed by atoms with Crippen LogP contribution in [0.2, 0.25) is 0 Å². The molecule has 0 aromatic carbocycles. The fourth-order valence-electron chi connectivity index (χ4n) is 4.17. The molecule has 0 bridgehead atoms. The number of pyridine rings is 2. The van der Waals surface area contributed by atoms with Gasteiger partial charge in [0.2, 0.25) is 5.91 Å². The standard InChI is InChI=1S/C29H35N5O5/c1-19(2)13-21-16-30-17-22-14-23(31-27(21)22)18-34-12-8-9-20(28(34)37)15-25(35)24(32-29(38)39-5)10-6-7-11-26(36)33(3)4/h7-9,11-13,16-17,24H,6,10,14-15,18H2,1-5H3,(H,32,38)/b11-7+/t24-/m0/s1. The average Bonchev–Trinajstić information content (AvgIpc) is 3.31. The summed E-state index contributed by atoms with van der Waals surface area (Å²) in [6.45, 7) is 4.32. The van der Waals surface area contributed by atoms with Crippen LogP contribution in [0, 0.1) is 0 Å². The summed E-state index contributed by atoms with van der Waals surface area (Å²) in [4.78, 5) is 60.5. The van der Waals surface area contributed by atoms with Crippen molar-refractivity contribution in [3.63, 3.8) is 0 Å². The first-order chi connectivity index (χ1) is 18.6. The molecule has 3 rings (SSSR count). The van der Waals surface area contributed by atoms with Crippen LogP contribution in [0.1, 0.15) is 43.4 Å². The van der Waals surface area contributed by atoms with E-state index in [-0.39, 0.29) is 30.1 Å². The summed E-state index contributed by atoms with van der Waals surface area (Å²) in [6, 6.07) is 2.46. The number of ether oxygens (including phenoxy) is 1. The second kappa shape index (κ2) is 13.5. The monoisotopic (exact) mass is 533 g/mol. The summed E-state index contributed by atoms with van der Waals surface area (Å²) in [7, 11) is 4.49. The van der Waals surface area contributed by atoms with Gasteiger partial charge in [0.25, 0.3) is 5.56 Å². The van der Waals surface area contributed by atoms with E-state index in [9.17, 15) is 19.2 Å². The summed E-state index contributed by atoms with van der Waals surface area (Å²) < 4.78 is 6.20. The molecule has 206 valence electrons. The van der Waals surface area contributed by atoms with Crippen LogP contribution in [0.25, 0.3) is 6.08 Å². The topological polar surface area (TPSA) is 123 Å². The highest BCUT2D eigenvalue weighted by molar-refractivity contribution is 5.95. The summed E-state index contributed by atoms with van der Waals surface area (Å²) in [6.07, 6.45) is 10.7. The number of aliphatic imine (C=N–C) groups is 1. The van der Waals surface area contributed by atoms with E-state index in [2.05, 4.69) is 15.0 Å². The zero-order valence-electron chi connectivity index (χ0n) is 23.1. The first kappa shape index (κ1) is 29.2. The zero-order valence-corrected chi connectivity index (χ0v) is 23.1. The minimum atomic E-state index is -0.876. The molecule has 10 nitrogen and oxygen atoms in total. The molecule has 1 atom stereocenters. The van der Waals surface area contributed by atoms with Gasteiger partial charge in [0.1, 0.15) is 0 Å². The van der Waals surface area contributed by atoms with Gasteiger partial charge in [-0.15, -0.1) is 0 Å². The number of carbonyl (C=O) groups excluding carboxylic acids is 3. The Morgan fingerprint density at radius 3 is 2.69 bits per heavy atom. The van der Waals surface area contributed by atoms with E-state index in [1.54, 1.807) is 55.5 Å². The van der Waals surface area contributed by atoms with Crippen molar-refractivity contribution in [2.75, 3.05) is 21.2 Å². The van der Waals surface area contributed by atoms with Crippen molar-refractivity contribution in [3.05, 3.63) is 75.5 Å². The average molecular weight is 534 g/mol. The lowest BCUT2D eigenvalue weighted by Gasteiger charge is -2.16. The van der Waals surface area contributed by atoms with Crippen molar-refractivity contribution >= 4 is 35.3 Å². The highest BCUT2D eigenvalue weighted by Gasteiger charge is 2.23. The first-order valence-corrected chi connectivity index (χ1v) is 12.7. The Hall–Kier alpha value is -4.34. The van der Waals surface area contributed by atoms with Crippen LogP contribution in [-0.4, -0.2) is 65.2 Å². The van der Waals surface area contributed by atoms with Crippen LogP contribution in [0.5, 0.6) is 0 Å². The number of allylic oxidation sites excluding steroid dienone is 2. The number of ketones is 1. The Morgan fingerprint density at radius 1 is 1.23 bits per heavy atom. The number of aromatic nitrogens is 2. The molecule has 0 aliphatic carbocycles. The van der Waals surface area contributed by atoms with Gasteiger partial charge < -0.3 is 19.5 Å². The summed E-state index contributed by atoms with van der Waals surface area (Å²) in [5.41, 5.74) is 4.83. The fourth-order valence-corrected chi connectivity index (χ4v) is 4.17. The molecule has 1 N–H and O–H groups in total. The molecular weight excluding hydrogens is 498 g/mol. The summed E-state index contributed by atoms with van der Waals surface area (Å²) >= 11 is 0. The van der Waals surface area contributed by atoms with Crippen molar-refractivity contribution in [2.45, 2.75) is 52.1 Å². The van der Waals surface area contributed by atoms with E-state index in [0.717, 1.165) is 28.1 Å². The van der Waals surface area contributed by atoms with E-state index < -0.39 is 12.1 Å². The summed E-state index contributed by atoms with van der Waals surface area (Å²) in [5.74, 6) is -0.506. The smallest absolute Gasteiger partial charge is 0.407 e. The molecular formula is C29H35N5O5. The number of rotatable bonds is 11. The number of fused-ring (bicyclic) bond motifs is 1. The Balaban J connectivity index is 1.73. The van der Waals surface area contributed by atoms with Gasteiger partial charge in [0.15, 0.2) is 5.78 Å². The Labute approximate surface area is 228 Å². The number of likely N-dealkylation sites (N-methyl/N-ethyl adjacent to an activating group) is 1. The Bertz CT molecular complexity index is 1380. The number of alkyl carbamates (subject to hydrolysis) is 1. The van der Waals surface area contributed by atoms with Crippen LogP contribution in [0.15, 0.2) is 58.2 Å². The van der Waals surface area contributed by atoms with E-state index >= 15 is 0 Å². The van der Waals surface area contributed by atoms with E-state index in [1.807, 2.05) is 19.9 Å². The third-order valence-corrected chi connectivity index (χ3v) is 6.14. The number of hydrogen-bond acceptors (Lipinski definition) is 7. The first-order valence-electron chi connectivity index (χ1n) is 12.7. The van der Waals surface area contributed by atoms with Crippen LogP contribution in [-0.2, 0) is 33.7 Å².